The van der Waals surface area contributed by atoms with Crippen LogP contribution in [-0.4, -0.2) is 30.0 Å². The quantitative estimate of drug-likeness (QED) is 0.789. The number of aromatic nitrogens is 1. The van der Waals surface area contributed by atoms with Gasteiger partial charge in [0.15, 0.2) is 5.82 Å². The number of rotatable bonds is 1. The van der Waals surface area contributed by atoms with E-state index in [-0.39, 0.29) is 17.5 Å². The number of carbonyl (C=O) groups excluding carboxylic acids is 1. The molecule has 1 fully saturated rings. The lowest BCUT2D eigenvalue weighted by Crippen LogP contribution is -2.48. The molecule has 0 N–H and O–H groups in total. The average molecular weight is 347 g/mol. The third-order valence-electron chi connectivity index (χ3n) is 4.80. The summed E-state index contributed by atoms with van der Waals surface area (Å²) in [6, 6.07) is 8.18. The number of anilines is 2. The number of hydrogen-bond acceptors (Lipinski definition) is 3. The zero-order valence-electron chi connectivity index (χ0n) is 13.3. The summed E-state index contributed by atoms with van der Waals surface area (Å²) in [7, 11) is 0. The molecule has 0 bridgehead atoms. The molecule has 0 saturated carbocycles. The van der Waals surface area contributed by atoms with Crippen molar-refractivity contribution in [2.24, 2.45) is 0 Å². The van der Waals surface area contributed by atoms with Crippen LogP contribution in [0.25, 0.3) is 0 Å². The maximum absolute atomic E-state index is 12.9. The standard InChI is InChI=1S/C18H16F3N3O/c19-18(20,21)13-7-5-12(6-8-13)17(25)24-11-14-3-2-10-23(14)16-15(24)4-1-9-22-16/h1,4-9,14H,2-3,10-11H2. The van der Waals surface area contributed by atoms with Crippen LogP contribution < -0.4 is 9.80 Å². The van der Waals surface area contributed by atoms with Gasteiger partial charge >= 0.3 is 6.18 Å². The van der Waals surface area contributed by atoms with Crippen molar-refractivity contribution in [2.75, 3.05) is 22.9 Å². The van der Waals surface area contributed by atoms with Gasteiger partial charge in [0.2, 0.25) is 0 Å². The van der Waals surface area contributed by atoms with Crippen molar-refractivity contribution >= 4 is 17.4 Å². The largest absolute Gasteiger partial charge is 0.416 e. The van der Waals surface area contributed by atoms with E-state index >= 15 is 0 Å². The molecule has 0 spiro atoms. The lowest BCUT2D eigenvalue weighted by Gasteiger charge is -2.39. The molecule has 2 aromatic rings. The van der Waals surface area contributed by atoms with Gasteiger partial charge in [-0.1, -0.05) is 0 Å². The maximum atomic E-state index is 12.9. The molecule has 4 nitrogen and oxygen atoms in total. The van der Waals surface area contributed by atoms with Gasteiger partial charge in [0.1, 0.15) is 0 Å². The number of hydrogen-bond donors (Lipinski definition) is 0. The Labute approximate surface area is 142 Å². The summed E-state index contributed by atoms with van der Waals surface area (Å²) in [5.41, 5.74) is 0.200. The van der Waals surface area contributed by atoms with Crippen molar-refractivity contribution in [2.45, 2.75) is 25.1 Å². The molecule has 1 amide bonds. The Hall–Kier alpha value is -2.57. The molecule has 4 rings (SSSR count). The Balaban J connectivity index is 1.67. The van der Waals surface area contributed by atoms with E-state index < -0.39 is 11.7 Å². The van der Waals surface area contributed by atoms with Crippen LogP contribution in [0.15, 0.2) is 42.6 Å². The van der Waals surface area contributed by atoms with E-state index in [2.05, 4.69) is 9.88 Å². The third-order valence-corrected chi connectivity index (χ3v) is 4.80. The van der Waals surface area contributed by atoms with E-state index in [1.54, 1.807) is 17.2 Å². The highest BCUT2D eigenvalue weighted by Crippen LogP contribution is 2.38. The molecule has 130 valence electrons. The van der Waals surface area contributed by atoms with Gasteiger partial charge in [0.05, 0.1) is 11.3 Å². The van der Waals surface area contributed by atoms with Crippen LogP contribution in [0.4, 0.5) is 24.7 Å². The van der Waals surface area contributed by atoms with E-state index in [9.17, 15) is 18.0 Å². The van der Waals surface area contributed by atoms with E-state index in [0.717, 1.165) is 37.3 Å². The second-order valence-electron chi connectivity index (χ2n) is 6.33. The van der Waals surface area contributed by atoms with Crippen LogP contribution in [0.1, 0.15) is 28.8 Å². The molecule has 1 unspecified atom stereocenters. The van der Waals surface area contributed by atoms with Crippen molar-refractivity contribution in [1.29, 1.82) is 0 Å². The summed E-state index contributed by atoms with van der Waals surface area (Å²) in [5.74, 6) is 0.478. The molecule has 7 heteroatoms. The van der Waals surface area contributed by atoms with Crippen LogP contribution in [0.5, 0.6) is 0 Å². The van der Waals surface area contributed by atoms with Crippen molar-refractivity contribution in [1.82, 2.24) is 4.98 Å². The number of amides is 1. The normalized spacial score (nSPS) is 19.6. The van der Waals surface area contributed by atoms with Crippen LogP contribution in [0.2, 0.25) is 0 Å². The van der Waals surface area contributed by atoms with Crippen molar-refractivity contribution in [3.63, 3.8) is 0 Å². The highest BCUT2D eigenvalue weighted by atomic mass is 19.4. The smallest absolute Gasteiger partial charge is 0.350 e. The first kappa shape index (κ1) is 15.9. The topological polar surface area (TPSA) is 36.4 Å². The first-order chi connectivity index (χ1) is 11.9. The van der Waals surface area contributed by atoms with Gasteiger partial charge in [-0.15, -0.1) is 0 Å². The van der Waals surface area contributed by atoms with Gasteiger partial charge in [0, 0.05) is 30.9 Å². The molecule has 2 aliphatic rings. The summed E-state index contributed by atoms with van der Waals surface area (Å²) in [6.45, 7) is 1.44. The number of halogens is 3. The van der Waals surface area contributed by atoms with Gasteiger partial charge in [0.25, 0.3) is 5.91 Å². The predicted octanol–water partition coefficient (Wildman–Crippen LogP) is 3.73. The Morgan fingerprint density at radius 3 is 2.64 bits per heavy atom. The van der Waals surface area contributed by atoms with E-state index in [1.165, 1.54) is 12.1 Å². The lowest BCUT2D eigenvalue weighted by molar-refractivity contribution is -0.137. The summed E-state index contributed by atoms with van der Waals surface area (Å²) >= 11 is 0. The zero-order valence-corrected chi connectivity index (χ0v) is 13.3. The molecular formula is C18H16F3N3O. The first-order valence-electron chi connectivity index (χ1n) is 8.16. The second kappa shape index (κ2) is 5.75. The summed E-state index contributed by atoms with van der Waals surface area (Å²) < 4.78 is 38.1. The molecule has 0 radical (unpaired) electrons. The fourth-order valence-electron chi connectivity index (χ4n) is 3.58. The Kier molecular flexibility index (Phi) is 3.67. The number of pyridine rings is 1. The maximum Gasteiger partial charge on any atom is 0.416 e. The fraction of sp³-hybridized carbons (Fsp3) is 0.333. The number of fused-ring (bicyclic) bond motifs is 3. The average Bonchev–Trinajstić information content (AvgIpc) is 3.08. The first-order valence-corrected chi connectivity index (χ1v) is 8.16. The minimum Gasteiger partial charge on any atom is -0.350 e. The third kappa shape index (κ3) is 2.73. The molecule has 1 atom stereocenters. The minimum absolute atomic E-state index is 0.209. The van der Waals surface area contributed by atoms with Gasteiger partial charge in [-0.05, 0) is 49.2 Å². The van der Waals surface area contributed by atoms with Gasteiger partial charge < -0.3 is 9.80 Å². The molecule has 1 aromatic carbocycles. The molecule has 1 saturated heterocycles. The Bertz CT molecular complexity index is 804. The van der Waals surface area contributed by atoms with Crippen LogP contribution in [0, 0.1) is 0 Å². The van der Waals surface area contributed by atoms with Gasteiger partial charge in [-0.25, -0.2) is 4.98 Å². The van der Waals surface area contributed by atoms with E-state index in [1.807, 2.05) is 6.07 Å². The van der Waals surface area contributed by atoms with E-state index in [4.69, 9.17) is 0 Å². The SMILES string of the molecule is O=C(c1ccc(C(F)(F)F)cc1)N1CC2CCCN2c2ncccc21. The molecule has 0 aliphatic carbocycles. The van der Waals surface area contributed by atoms with Crippen molar-refractivity contribution < 1.29 is 18.0 Å². The van der Waals surface area contributed by atoms with E-state index in [0.29, 0.717) is 12.2 Å². The lowest BCUT2D eigenvalue weighted by atomic mass is 10.1. The molecule has 3 heterocycles. The summed E-state index contributed by atoms with van der Waals surface area (Å²) in [5, 5.41) is 0. The van der Waals surface area contributed by atoms with Gasteiger partial charge in [-0.2, -0.15) is 13.2 Å². The summed E-state index contributed by atoms with van der Waals surface area (Å²) in [4.78, 5) is 21.2. The number of carbonyl (C=O) groups is 1. The van der Waals surface area contributed by atoms with Crippen LogP contribution in [0.3, 0.4) is 0 Å². The number of benzene rings is 1. The highest BCUT2D eigenvalue weighted by Gasteiger charge is 2.37. The van der Waals surface area contributed by atoms with Crippen LogP contribution >= 0.6 is 0 Å². The highest BCUT2D eigenvalue weighted by molar-refractivity contribution is 6.08. The number of nitrogens with zero attached hydrogens (tertiary/aromatic N) is 3. The molecular weight excluding hydrogens is 331 g/mol. The summed E-state index contributed by atoms with van der Waals surface area (Å²) in [6.07, 6.45) is -0.691. The Morgan fingerprint density at radius 1 is 1.16 bits per heavy atom. The number of alkyl halides is 3. The Morgan fingerprint density at radius 2 is 1.92 bits per heavy atom. The zero-order chi connectivity index (χ0) is 17.6. The van der Waals surface area contributed by atoms with Crippen molar-refractivity contribution in [3.05, 3.63) is 53.7 Å². The fourth-order valence-corrected chi connectivity index (χ4v) is 3.58. The molecule has 2 aliphatic heterocycles. The van der Waals surface area contributed by atoms with Crippen LogP contribution in [-0.2, 0) is 6.18 Å². The molecule has 1 aromatic heterocycles. The monoisotopic (exact) mass is 347 g/mol. The minimum atomic E-state index is -4.41. The van der Waals surface area contributed by atoms with Gasteiger partial charge in [-0.3, -0.25) is 4.79 Å². The predicted molar refractivity (Wildman–Crippen MR) is 87.7 cm³/mol. The second-order valence-corrected chi connectivity index (χ2v) is 6.33. The molecule has 25 heavy (non-hydrogen) atoms. The van der Waals surface area contributed by atoms with Crippen molar-refractivity contribution in [3.8, 4) is 0 Å².